The second kappa shape index (κ2) is 5.02. The van der Waals surface area contributed by atoms with Crippen molar-refractivity contribution in [2.45, 2.75) is 57.7 Å². The molecule has 100 valence electrons. The quantitative estimate of drug-likeness (QED) is 0.874. The number of imidazole rings is 1. The molecule has 18 heavy (non-hydrogen) atoms. The van der Waals surface area contributed by atoms with Crippen LogP contribution in [0.2, 0.25) is 0 Å². The Morgan fingerprint density at radius 2 is 2.28 bits per heavy atom. The molecule has 2 atom stereocenters. The van der Waals surface area contributed by atoms with Gasteiger partial charge in [0.1, 0.15) is 5.82 Å². The first-order valence-electron chi connectivity index (χ1n) is 7.31. The lowest BCUT2D eigenvalue weighted by molar-refractivity contribution is 0.265. The fourth-order valence-electron chi connectivity index (χ4n) is 3.39. The van der Waals surface area contributed by atoms with Crippen LogP contribution in [-0.4, -0.2) is 39.6 Å². The van der Waals surface area contributed by atoms with Crippen molar-refractivity contribution in [1.29, 1.82) is 0 Å². The number of fused-ring (bicyclic) bond motifs is 1. The van der Waals surface area contributed by atoms with Crippen molar-refractivity contribution in [3.8, 4) is 0 Å². The molecule has 1 fully saturated rings. The summed E-state index contributed by atoms with van der Waals surface area (Å²) in [4.78, 5) is 7.38. The second-order valence-electron chi connectivity index (χ2n) is 5.72. The Kier molecular flexibility index (Phi) is 3.39. The van der Waals surface area contributed by atoms with E-state index in [0.717, 1.165) is 25.8 Å². The largest absolute Gasteiger partial charge is 0.335 e. The van der Waals surface area contributed by atoms with Crippen LogP contribution >= 0.6 is 0 Å². The summed E-state index contributed by atoms with van der Waals surface area (Å²) >= 11 is 0. The van der Waals surface area contributed by atoms with Gasteiger partial charge in [0.05, 0.1) is 5.69 Å². The first kappa shape index (κ1) is 12.2. The molecule has 1 saturated heterocycles. The van der Waals surface area contributed by atoms with Gasteiger partial charge in [-0.3, -0.25) is 0 Å². The van der Waals surface area contributed by atoms with Crippen molar-refractivity contribution in [2.75, 3.05) is 13.1 Å². The van der Waals surface area contributed by atoms with Gasteiger partial charge >= 0.3 is 0 Å². The minimum absolute atomic E-state index is 0.311. The maximum Gasteiger partial charge on any atom is 0.110 e. The van der Waals surface area contributed by atoms with E-state index < -0.39 is 0 Å². The maximum atomic E-state index is 6.00. The molecule has 4 nitrogen and oxygen atoms in total. The van der Waals surface area contributed by atoms with E-state index in [1.807, 2.05) is 0 Å². The third-order valence-corrected chi connectivity index (χ3v) is 4.44. The van der Waals surface area contributed by atoms with E-state index in [9.17, 15) is 0 Å². The fraction of sp³-hybridized carbons (Fsp3) is 0.786. The minimum Gasteiger partial charge on any atom is -0.335 e. The number of rotatable bonds is 3. The molecule has 0 bridgehead atoms. The van der Waals surface area contributed by atoms with Crippen molar-refractivity contribution >= 4 is 0 Å². The SMILES string of the molecule is CCN1CCCC1Cc1cn2c(n1)CC(N)CC2. The predicted molar refractivity (Wildman–Crippen MR) is 72.5 cm³/mol. The maximum absolute atomic E-state index is 6.00. The third-order valence-electron chi connectivity index (χ3n) is 4.44. The Bertz CT molecular complexity index is 412. The number of aromatic nitrogens is 2. The number of likely N-dealkylation sites (tertiary alicyclic amines) is 1. The van der Waals surface area contributed by atoms with Crippen LogP contribution < -0.4 is 5.73 Å². The number of nitrogens with two attached hydrogens (primary N) is 1. The molecule has 3 heterocycles. The Balaban J connectivity index is 1.70. The van der Waals surface area contributed by atoms with Gasteiger partial charge in [-0.1, -0.05) is 6.92 Å². The molecule has 0 aliphatic carbocycles. The summed E-state index contributed by atoms with van der Waals surface area (Å²) in [6, 6.07) is 1.02. The molecule has 0 spiro atoms. The highest BCUT2D eigenvalue weighted by molar-refractivity contribution is 5.09. The highest BCUT2D eigenvalue weighted by Crippen LogP contribution is 2.22. The number of nitrogens with zero attached hydrogens (tertiary/aromatic N) is 3. The number of hydrogen-bond donors (Lipinski definition) is 1. The summed E-state index contributed by atoms with van der Waals surface area (Å²) in [5.74, 6) is 1.20. The predicted octanol–water partition coefficient (Wildman–Crippen LogP) is 1.18. The van der Waals surface area contributed by atoms with Crippen LogP contribution in [-0.2, 0) is 19.4 Å². The topological polar surface area (TPSA) is 47.1 Å². The Labute approximate surface area is 109 Å². The zero-order valence-electron chi connectivity index (χ0n) is 11.3. The van der Waals surface area contributed by atoms with Crippen molar-refractivity contribution in [3.63, 3.8) is 0 Å². The van der Waals surface area contributed by atoms with E-state index in [0.29, 0.717) is 12.1 Å². The average molecular weight is 248 g/mol. The third kappa shape index (κ3) is 2.31. The van der Waals surface area contributed by atoms with Crippen LogP contribution in [0.4, 0.5) is 0 Å². The monoisotopic (exact) mass is 248 g/mol. The van der Waals surface area contributed by atoms with Crippen molar-refractivity contribution in [3.05, 3.63) is 17.7 Å². The van der Waals surface area contributed by atoms with Gasteiger partial charge in [-0.25, -0.2) is 4.98 Å². The van der Waals surface area contributed by atoms with Crippen LogP contribution in [0, 0.1) is 0 Å². The van der Waals surface area contributed by atoms with E-state index in [4.69, 9.17) is 10.7 Å². The van der Waals surface area contributed by atoms with Crippen LogP contribution in [0.5, 0.6) is 0 Å². The van der Waals surface area contributed by atoms with Gasteiger partial charge in [0, 0.05) is 37.7 Å². The van der Waals surface area contributed by atoms with E-state index in [1.54, 1.807) is 0 Å². The second-order valence-corrected chi connectivity index (χ2v) is 5.72. The van der Waals surface area contributed by atoms with Gasteiger partial charge in [0.2, 0.25) is 0 Å². The Hall–Kier alpha value is -0.870. The van der Waals surface area contributed by atoms with Crippen molar-refractivity contribution in [1.82, 2.24) is 14.5 Å². The number of aryl methyl sites for hydroxylation is 1. The number of hydrogen-bond acceptors (Lipinski definition) is 3. The molecule has 3 rings (SSSR count). The average Bonchev–Trinajstić information content (AvgIpc) is 2.94. The van der Waals surface area contributed by atoms with E-state index in [2.05, 4.69) is 22.6 Å². The van der Waals surface area contributed by atoms with Gasteiger partial charge in [-0.15, -0.1) is 0 Å². The Morgan fingerprint density at radius 3 is 3.11 bits per heavy atom. The molecule has 0 aromatic carbocycles. The van der Waals surface area contributed by atoms with Gasteiger partial charge in [0.15, 0.2) is 0 Å². The molecular weight excluding hydrogens is 224 g/mol. The number of likely N-dealkylation sites (N-methyl/N-ethyl adjacent to an activating group) is 1. The summed E-state index contributed by atoms with van der Waals surface area (Å²) in [7, 11) is 0. The normalized spacial score (nSPS) is 28.6. The zero-order chi connectivity index (χ0) is 12.5. The van der Waals surface area contributed by atoms with Crippen molar-refractivity contribution in [2.24, 2.45) is 5.73 Å². The fourth-order valence-corrected chi connectivity index (χ4v) is 3.39. The molecule has 0 radical (unpaired) electrons. The minimum atomic E-state index is 0.311. The van der Waals surface area contributed by atoms with Crippen LogP contribution in [0.1, 0.15) is 37.7 Å². The summed E-state index contributed by atoms with van der Waals surface area (Å²) < 4.78 is 2.31. The van der Waals surface area contributed by atoms with Gasteiger partial charge in [-0.05, 0) is 32.4 Å². The van der Waals surface area contributed by atoms with Crippen molar-refractivity contribution < 1.29 is 0 Å². The molecule has 2 unspecified atom stereocenters. The molecular formula is C14H24N4. The molecule has 1 aromatic heterocycles. The summed E-state index contributed by atoms with van der Waals surface area (Å²) in [5.41, 5.74) is 7.27. The zero-order valence-corrected chi connectivity index (χ0v) is 11.3. The first-order valence-corrected chi connectivity index (χ1v) is 7.31. The Morgan fingerprint density at radius 1 is 1.39 bits per heavy atom. The summed E-state index contributed by atoms with van der Waals surface area (Å²) in [6.45, 7) is 5.74. The van der Waals surface area contributed by atoms with Crippen LogP contribution in [0.25, 0.3) is 0 Å². The summed E-state index contributed by atoms with van der Waals surface area (Å²) in [5, 5.41) is 0. The van der Waals surface area contributed by atoms with Gasteiger partial charge in [-0.2, -0.15) is 0 Å². The molecule has 0 amide bonds. The first-order chi connectivity index (χ1) is 8.76. The van der Waals surface area contributed by atoms with Gasteiger partial charge in [0.25, 0.3) is 0 Å². The molecule has 4 heteroatoms. The smallest absolute Gasteiger partial charge is 0.110 e. The van der Waals surface area contributed by atoms with E-state index >= 15 is 0 Å². The lowest BCUT2D eigenvalue weighted by Crippen LogP contribution is -2.31. The molecule has 0 saturated carbocycles. The molecule has 2 aliphatic heterocycles. The summed E-state index contributed by atoms with van der Waals surface area (Å²) in [6.07, 6.45) is 8.08. The van der Waals surface area contributed by atoms with Crippen LogP contribution in [0.3, 0.4) is 0 Å². The molecule has 2 aliphatic rings. The van der Waals surface area contributed by atoms with E-state index in [1.165, 1.54) is 37.4 Å². The lowest BCUT2D eigenvalue weighted by Gasteiger charge is -2.21. The van der Waals surface area contributed by atoms with E-state index in [-0.39, 0.29) is 0 Å². The van der Waals surface area contributed by atoms with Crippen LogP contribution in [0.15, 0.2) is 6.20 Å². The highest BCUT2D eigenvalue weighted by atomic mass is 15.2. The lowest BCUT2D eigenvalue weighted by atomic mass is 10.1. The standard InChI is InChI=1S/C14H24N4/c1-2-17-6-3-4-13(17)9-12-10-18-7-5-11(15)8-14(18)16-12/h10-11,13H,2-9,15H2,1H3. The molecule has 2 N–H and O–H groups in total. The highest BCUT2D eigenvalue weighted by Gasteiger charge is 2.25. The molecule has 1 aromatic rings. The van der Waals surface area contributed by atoms with Gasteiger partial charge < -0.3 is 15.2 Å².